The van der Waals surface area contributed by atoms with Crippen LogP contribution in [0.1, 0.15) is 28.9 Å². The van der Waals surface area contributed by atoms with Gasteiger partial charge in [-0.15, -0.1) is 0 Å². The number of benzene rings is 2. The van der Waals surface area contributed by atoms with Crippen LogP contribution in [0.3, 0.4) is 0 Å². The molecule has 9 heteroatoms. The third kappa shape index (κ3) is 4.77. The molecule has 0 heterocycles. The molecule has 2 aromatic rings. The lowest BCUT2D eigenvalue weighted by Crippen LogP contribution is -2.29. The SMILES string of the molecule is CC(c1ccc(S(N)(=O)=O)cc1)N(C)C(=O)c1cccc(OC(F)F)c1. The standard InChI is InChI=1S/C17H18F2N2O4S/c1-11(12-6-8-15(9-7-12)26(20,23)24)21(2)16(22)13-4-3-5-14(10-13)25-17(18)19/h3-11,17H,1-2H3,(H2,20,23,24). The van der Waals surface area contributed by atoms with Crippen molar-refractivity contribution in [3.8, 4) is 5.75 Å². The molecule has 0 bridgehead atoms. The molecule has 0 fully saturated rings. The van der Waals surface area contributed by atoms with E-state index < -0.39 is 28.6 Å². The molecule has 1 unspecified atom stereocenters. The summed E-state index contributed by atoms with van der Waals surface area (Å²) in [6.07, 6.45) is 0. The Morgan fingerprint density at radius 3 is 2.31 bits per heavy atom. The summed E-state index contributed by atoms with van der Waals surface area (Å²) in [5.74, 6) is -0.503. The second-order valence-electron chi connectivity index (χ2n) is 5.61. The van der Waals surface area contributed by atoms with E-state index in [-0.39, 0.29) is 16.2 Å². The van der Waals surface area contributed by atoms with Crippen LogP contribution >= 0.6 is 0 Å². The minimum Gasteiger partial charge on any atom is -0.435 e. The van der Waals surface area contributed by atoms with Crippen molar-refractivity contribution in [1.29, 1.82) is 0 Å². The Balaban J connectivity index is 2.19. The van der Waals surface area contributed by atoms with Gasteiger partial charge in [-0.1, -0.05) is 18.2 Å². The summed E-state index contributed by atoms with van der Waals surface area (Å²) in [7, 11) is -2.24. The van der Waals surface area contributed by atoms with E-state index in [0.717, 1.165) is 0 Å². The molecule has 1 atom stereocenters. The average Bonchev–Trinajstić information content (AvgIpc) is 2.59. The lowest BCUT2D eigenvalue weighted by atomic mass is 10.1. The van der Waals surface area contributed by atoms with Crippen molar-refractivity contribution in [1.82, 2.24) is 4.90 Å². The van der Waals surface area contributed by atoms with Gasteiger partial charge in [0.15, 0.2) is 0 Å². The number of alkyl halides is 2. The lowest BCUT2D eigenvalue weighted by molar-refractivity contribution is -0.0499. The molecule has 26 heavy (non-hydrogen) atoms. The highest BCUT2D eigenvalue weighted by molar-refractivity contribution is 7.89. The first-order chi connectivity index (χ1) is 12.1. The number of hydrogen-bond donors (Lipinski definition) is 1. The average molecular weight is 384 g/mol. The molecule has 0 saturated carbocycles. The molecular weight excluding hydrogens is 366 g/mol. The number of carbonyl (C=O) groups is 1. The highest BCUT2D eigenvalue weighted by Gasteiger charge is 2.20. The summed E-state index contributed by atoms with van der Waals surface area (Å²) in [6.45, 7) is -1.22. The number of carbonyl (C=O) groups excluding carboxylic acids is 1. The number of halogens is 2. The first kappa shape index (κ1) is 19.8. The minimum atomic E-state index is -3.80. The quantitative estimate of drug-likeness (QED) is 0.829. The van der Waals surface area contributed by atoms with Gasteiger partial charge in [0.1, 0.15) is 5.75 Å². The Morgan fingerprint density at radius 1 is 1.15 bits per heavy atom. The van der Waals surface area contributed by atoms with Crippen molar-refractivity contribution in [2.24, 2.45) is 5.14 Å². The summed E-state index contributed by atoms with van der Waals surface area (Å²) in [5, 5.41) is 5.06. The second-order valence-corrected chi connectivity index (χ2v) is 7.17. The molecule has 0 aliphatic heterocycles. The van der Waals surface area contributed by atoms with Crippen molar-refractivity contribution in [2.45, 2.75) is 24.5 Å². The van der Waals surface area contributed by atoms with E-state index in [1.165, 1.54) is 41.3 Å². The van der Waals surface area contributed by atoms with Crippen molar-refractivity contribution in [3.63, 3.8) is 0 Å². The Morgan fingerprint density at radius 2 is 1.77 bits per heavy atom. The highest BCUT2D eigenvalue weighted by atomic mass is 32.2. The Hall–Kier alpha value is -2.52. The van der Waals surface area contributed by atoms with Gasteiger partial charge in [-0.05, 0) is 42.8 Å². The molecule has 0 aliphatic rings. The smallest absolute Gasteiger partial charge is 0.387 e. The summed E-state index contributed by atoms with van der Waals surface area (Å²) >= 11 is 0. The number of amides is 1. The lowest BCUT2D eigenvalue weighted by Gasteiger charge is -2.25. The maximum Gasteiger partial charge on any atom is 0.387 e. The van der Waals surface area contributed by atoms with E-state index in [2.05, 4.69) is 4.74 Å². The molecule has 140 valence electrons. The van der Waals surface area contributed by atoms with Crippen LogP contribution in [-0.2, 0) is 10.0 Å². The van der Waals surface area contributed by atoms with Crippen LogP contribution in [0.15, 0.2) is 53.4 Å². The number of primary sulfonamides is 1. The molecule has 0 spiro atoms. The van der Waals surface area contributed by atoms with Gasteiger partial charge >= 0.3 is 6.61 Å². The van der Waals surface area contributed by atoms with E-state index in [0.29, 0.717) is 5.56 Å². The number of nitrogens with two attached hydrogens (primary N) is 1. The molecule has 2 aromatic carbocycles. The van der Waals surface area contributed by atoms with Crippen LogP contribution in [0.4, 0.5) is 8.78 Å². The van der Waals surface area contributed by atoms with Crippen LogP contribution in [0.5, 0.6) is 5.75 Å². The predicted octanol–water partition coefficient (Wildman–Crippen LogP) is 2.77. The van der Waals surface area contributed by atoms with E-state index >= 15 is 0 Å². The predicted molar refractivity (Wildman–Crippen MR) is 91.4 cm³/mol. The largest absolute Gasteiger partial charge is 0.435 e. The number of rotatable bonds is 6. The van der Waals surface area contributed by atoms with Crippen molar-refractivity contribution in [3.05, 3.63) is 59.7 Å². The van der Waals surface area contributed by atoms with Crippen molar-refractivity contribution >= 4 is 15.9 Å². The fourth-order valence-corrected chi connectivity index (χ4v) is 2.86. The van der Waals surface area contributed by atoms with Crippen LogP contribution in [-0.4, -0.2) is 32.9 Å². The van der Waals surface area contributed by atoms with Gasteiger partial charge in [0.05, 0.1) is 10.9 Å². The molecule has 2 rings (SSSR count). The normalized spacial score (nSPS) is 12.7. The second kappa shape index (κ2) is 7.79. The van der Waals surface area contributed by atoms with Gasteiger partial charge in [-0.25, -0.2) is 13.6 Å². The first-order valence-electron chi connectivity index (χ1n) is 7.54. The van der Waals surface area contributed by atoms with E-state index in [4.69, 9.17) is 5.14 Å². The Kier molecular flexibility index (Phi) is 5.94. The van der Waals surface area contributed by atoms with Crippen molar-refractivity contribution in [2.75, 3.05) is 7.05 Å². The van der Waals surface area contributed by atoms with Gasteiger partial charge < -0.3 is 9.64 Å². The summed E-state index contributed by atoms with van der Waals surface area (Å²) in [6, 6.07) is 11.0. The van der Waals surface area contributed by atoms with Crippen LogP contribution in [0.25, 0.3) is 0 Å². The van der Waals surface area contributed by atoms with Gasteiger partial charge in [0, 0.05) is 12.6 Å². The van der Waals surface area contributed by atoms with E-state index in [1.807, 2.05) is 0 Å². The fourth-order valence-electron chi connectivity index (χ4n) is 2.34. The molecule has 2 N–H and O–H groups in total. The summed E-state index contributed by atoms with van der Waals surface area (Å²) in [4.78, 5) is 14.0. The summed E-state index contributed by atoms with van der Waals surface area (Å²) < 4.78 is 51.5. The van der Waals surface area contributed by atoms with Crippen molar-refractivity contribution < 1.29 is 26.7 Å². The van der Waals surface area contributed by atoms with Gasteiger partial charge in [0.2, 0.25) is 10.0 Å². The molecule has 6 nitrogen and oxygen atoms in total. The topological polar surface area (TPSA) is 89.7 Å². The third-order valence-electron chi connectivity index (χ3n) is 3.90. The van der Waals surface area contributed by atoms with Crippen LogP contribution in [0, 0.1) is 0 Å². The Bertz CT molecular complexity index is 886. The molecule has 0 aliphatic carbocycles. The third-order valence-corrected chi connectivity index (χ3v) is 4.83. The molecule has 0 saturated heterocycles. The first-order valence-corrected chi connectivity index (χ1v) is 9.09. The molecule has 0 radical (unpaired) electrons. The Labute approximate surface area is 150 Å². The highest BCUT2D eigenvalue weighted by Crippen LogP contribution is 2.23. The number of nitrogens with zero attached hydrogens (tertiary/aromatic N) is 1. The maximum atomic E-state index is 12.6. The number of hydrogen-bond acceptors (Lipinski definition) is 4. The van der Waals surface area contributed by atoms with Gasteiger partial charge in [-0.2, -0.15) is 8.78 Å². The zero-order valence-corrected chi connectivity index (χ0v) is 14.9. The van der Waals surface area contributed by atoms with Crippen LogP contribution < -0.4 is 9.88 Å². The van der Waals surface area contributed by atoms with Gasteiger partial charge in [0.25, 0.3) is 5.91 Å². The zero-order chi connectivity index (χ0) is 19.5. The van der Waals surface area contributed by atoms with E-state index in [1.54, 1.807) is 26.1 Å². The minimum absolute atomic E-state index is 0.0284. The zero-order valence-electron chi connectivity index (χ0n) is 14.1. The molecular formula is C17H18F2N2O4S. The van der Waals surface area contributed by atoms with Crippen LogP contribution in [0.2, 0.25) is 0 Å². The number of ether oxygens (including phenoxy) is 1. The summed E-state index contributed by atoms with van der Waals surface area (Å²) in [5.41, 5.74) is 0.881. The number of sulfonamides is 1. The molecule has 1 amide bonds. The maximum absolute atomic E-state index is 12.6. The fraction of sp³-hybridized carbons (Fsp3) is 0.235. The monoisotopic (exact) mass is 384 g/mol. The van der Waals surface area contributed by atoms with E-state index in [9.17, 15) is 22.0 Å². The molecule has 0 aromatic heterocycles. The van der Waals surface area contributed by atoms with Gasteiger partial charge in [-0.3, -0.25) is 4.79 Å².